The molecule has 1 heterocycles. The Kier molecular flexibility index (Phi) is 6.45. The molecule has 0 saturated heterocycles. The van der Waals surface area contributed by atoms with Gasteiger partial charge in [0, 0.05) is 11.7 Å². The largest absolute Gasteiger partial charge is 0.357 e. The number of thioether (sulfide) groups is 1. The Bertz CT molecular complexity index is 776. The maximum absolute atomic E-state index is 12.0. The van der Waals surface area contributed by atoms with E-state index < -0.39 is 0 Å². The van der Waals surface area contributed by atoms with E-state index in [1.54, 1.807) is 0 Å². The van der Waals surface area contributed by atoms with Crippen molar-refractivity contribution in [1.82, 2.24) is 15.5 Å². The lowest BCUT2D eigenvalue weighted by Gasteiger charge is -2.10. The van der Waals surface area contributed by atoms with E-state index in [2.05, 4.69) is 26.1 Å². The Morgan fingerprint density at radius 2 is 2.04 bits per heavy atom. The Morgan fingerprint density at radius 3 is 2.81 bits per heavy atom. The van der Waals surface area contributed by atoms with Crippen LogP contribution in [0.5, 0.6) is 0 Å². The fourth-order valence-electron chi connectivity index (χ4n) is 2.23. The topological polar surface area (TPSA) is 96.0 Å². The first-order chi connectivity index (χ1) is 12.6. The lowest BCUT2D eigenvalue weighted by molar-refractivity contribution is -0.122. The van der Waals surface area contributed by atoms with E-state index in [0.29, 0.717) is 6.04 Å². The van der Waals surface area contributed by atoms with E-state index in [4.69, 9.17) is 0 Å². The summed E-state index contributed by atoms with van der Waals surface area (Å²) in [5, 5.41) is 17.6. The summed E-state index contributed by atoms with van der Waals surface area (Å²) < 4.78 is 0.740. The van der Waals surface area contributed by atoms with E-state index in [9.17, 15) is 9.59 Å². The van der Waals surface area contributed by atoms with Gasteiger partial charge in [-0.1, -0.05) is 48.2 Å². The van der Waals surface area contributed by atoms with Gasteiger partial charge in [-0.05, 0) is 30.9 Å². The third kappa shape index (κ3) is 5.70. The second kappa shape index (κ2) is 9.00. The Balaban J connectivity index is 1.37. The number of carbonyl (C=O) groups is 2. The molecule has 9 heteroatoms. The molecular weight excluding hydrogens is 370 g/mol. The monoisotopic (exact) mass is 391 g/mol. The lowest BCUT2D eigenvalue weighted by Crippen LogP contribution is -2.34. The van der Waals surface area contributed by atoms with Crippen molar-refractivity contribution in [2.24, 2.45) is 0 Å². The van der Waals surface area contributed by atoms with Gasteiger partial charge in [0.25, 0.3) is 0 Å². The van der Waals surface area contributed by atoms with Crippen LogP contribution in [0.1, 0.15) is 25.3 Å². The van der Waals surface area contributed by atoms with Crippen LogP contribution in [-0.4, -0.2) is 40.4 Å². The van der Waals surface area contributed by atoms with Gasteiger partial charge in [0.1, 0.15) is 0 Å². The normalized spacial score (nSPS) is 13.3. The fraction of sp³-hybridized carbons (Fsp3) is 0.412. The quantitative estimate of drug-likeness (QED) is 0.569. The number of amides is 2. The van der Waals surface area contributed by atoms with Crippen molar-refractivity contribution in [2.75, 3.05) is 22.9 Å². The summed E-state index contributed by atoms with van der Waals surface area (Å²) in [5.74, 6) is -0.242. The van der Waals surface area contributed by atoms with Crippen LogP contribution in [0.15, 0.2) is 28.6 Å². The Hall–Kier alpha value is -2.13. The fourth-order valence-corrected chi connectivity index (χ4v) is 3.89. The Morgan fingerprint density at radius 1 is 1.23 bits per heavy atom. The molecule has 138 valence electrons. The van der Waals surface area contributed by atoms with Crippen molar-refractivity contribution in [2.45, 2.75) is 36.6 Å². The molecule has 0 radical (unpaired) electrons. The van der Waals surface area contributed by atoms with Crippen LogP contribution in [0.25, 0.3) is 0 Å². The first-order valence-corrected chi connectivity index (χ1v) is 10.3. The van der Waals surface area contributed by atoms with Crippen LogP contribution in [0.3, 0.4) is 0 Å². The van der Waals surface area contributed by atoms with Crippen LogP contribution in [0.4, 0.5) is 10.8 Å². The number of hydrogen-bond donors (Lipinski definition) is 3. The predicted octanol–water partition coefficient (Wildman–Crippen LogP) is 2.52. The molecule has 1 aromatic heterocycles. The number of nitrogens with zero attached hydrogens (tertiary/aromatic N) is 2. The molecule has 2 aromatic rings. The van der Waals surface area contributed by atoms with Crippen molar-refractivity contribution < 1.29 is 9.59 Å². The molecule has 1 aromatic carbocycles. The number of rotatable bonds is 9. The van der Waals surface area contributed by atoms with Gasteiger partial charge in [0.2, 0.25) is 16.9 Å². The summed E-state index contributed by atoms with van der Waals surface area (Å²) in [5.41, 5.74) is 1.85. The van der Waals surface area contributed by atoms with E-state index >= 15 is 0 Å². The highest BCUT2D eigenvalue weighted by atomic mass is 32.2. The molecule has 1 fully saturated rings. The van der Waals surface area contributed by atoms with Gasteiger partial charge in [-0.25, -0.2) is 0 Å². The minimum Gasteiger partial charge on any atom is -0.357 e. The van der Waals surface area contributed by atoms with Crippen LogP contribution in [-0.2, 0) is 16.0 Å². The number of anilines is 2. The summed E-state index contributed by atoms with van der Waals surface area (Å²) in [6.45, 7) is 1.98. The van der Waals surface area contributed by atoms with Gasteiger partial charge in [-0.15, -0.1) is 10.2 Å². The molecule has 1 aliphatic carbocycles. The molecule has 2 amide bonds. The van der Waals surface area contributed by atoms with E-state index in [1.165, 1.54) is 35.9 Å². The number of carbonyl (C=O) groups excluding carboxylic acids is 2. The molecule has 0 bridgehead atoms. The number of hydrogen-bond acceptors (Lipinski definition) is 7. The summed E-state index contributed by atoms with van der Waals surface area (Å²) in [7, 11) is 0. The van der Waals surface area contributed by atoms with Gasteiger partial charge in [0.15, 0.2) is 4.34 Å². The molecule has 1 aliphatic rings. The third-order valence-corrected chi connectivity index (χ3v) is 5.74. The van der Waals surface area contributed by atoms with E-state index in [0.717, 1.165) is 27.1 Å². The first-order valence-electron chi connectivity index (χ1n) is 8.51. The number of benzene rings is 1. The summed E-state index contributed by atoms with van der Waals surface area (Å²) in [4.78, 5) is 23.9. The zero-order valence-corrected chi connectivity index (χ0v) is 16.1. The number of para-hydroxylation sites is 1. The molecule has 0 aliphatic heterocycles. The predicted molar refractivity (Wildman–Crippen MR) is 105 cm³/mol. The third-order valence-electron chi connectivity index (χ3n) is 3.76. The van der Waals surface area contributed by atoms with Crippen molar-refractivity contribution in [3.8, 4) is 0 Å². The minimum atomic E-state index is -0.240. The molecule has 0 spiro atoms. The first kappa shape index (κ1) is 18.7. The highest BCUT2D eigenvalue weighted by Crippen LogP contribution is 2.30. The van der Waals surface area contributed by atoms with E-state index in [-0.39, 0.29) is 24.1 Å². The number of nitrogens with one attached hydrogen (secondary N) is 3. The Labute approximate surface area is 160 Å². The van der Waals surface area contributed by atoms with Gasteiger partial charge in [0.05, 0.1) is 12.3 Å². The lowest BCUT2D eigenvalue weighted by atomic mass is 10.1. The molecule has 0 atom stereocenters. The summed E-state index contributed by atoms with van der Waals surface area (Å²) in [6.07, 6.45) is 3.18. The summed E-state index contributed by atoms with van der Waals surface area (Å²) in [6, 6.07) is 8.17. The van der Waals surface area contributed by atoms with Gasteiger partial charge in [-0.2, -0.15) is 0 Å². The van der Waals surface area contributed by atoms with Crippen LogP contribution < -0.4 is 16.0 Å². The number of aryl methyl sites for hydroxylation is 1. The molecule has 3 N–H and O–H groups in total. The molecule has 3 rings (SSSR count). The molecule has 1 saturated carbocycles. The maximum Gasteiger partial charge on any atom is 0.243 e. The van der Waals surface area contributed by atoms with Crippen molar-refractivity contribution in [3.05, 3.63) is 29.8 Å². The SMILES string of the molecule is CCc1ccccc1NC(=O)CNC(=O)CSc1nnc(NC2CC2)s1. The van der Waals surface area contributed by atoms with Crippen LogP contribution in [0.2, 0.25) is 0 Å². The molecule has 26 heavy (non-hydrogen) atoms. The minimum absolute atomic E-state index is 0.0535. The zero-order chi connectivity index (χ0) is 18.4. The van der Waals surface area contributed by atoms with E-state index in [1.807, 2.05) is 31.2 Å². The maximum atomic E-state index is 12.0. The second-order valence-corrected chi connectivity index (χ2v) is 8.12. The smallest absolute Gasteiger partial charge is 0.243 e. The molecular formula is C17H21N5O2S2. The van der Waals surface area contributed by atoms with Gasteiger partial charge < -0.3 is 16.0 Å². The van der Waals surface area contributed by atoms with Crippen molar-refractivity contribution in [1.29, 1.82) is 0 Å². The molecule has 7 nitrogen and oxygen atoms in total. The standard InChI is InChI=1S/C17H21N5O2S2/c1-2-11-5-3-4-6-13(11)20-14(23)9-18-15(24)10-25-17-22-21-16(26-17)19-12-7-8-12/h3-6,12H,2,7-10H2,1H3,(H,18,24)(H,19,21)(H,20,23). The molecule has 0 unspecified atom stereocenters. The van der Waals surface area contributed by atoms with Gasteiger partial charge >= 0.3 is 0 Å². The highest BCUT2D eigenvalue weighted by molar-refractivity contribution is 8.01. The zero-order valence-electron chi connectivity index (χ0n) is 14.4. The van der Waals surface area contributed by atoms with Crippen molar-refractivity contribution >= 4 is 45.7 Å². The van der Waals surface area contributed by atoms with Gasteiger partial charge in [-0.3, -0.25) is 9.59 Å². The van der Waals surface area contributed by atoms with Crippen LogP contribution >= 0.6 is 23.1 Å². The highest BCUT2D eigenvalue weighted by Gasteiger charge is 2.22. The summed E-state index contributed by atoms with van der Waals surface area (Å²) >= 11 is 2.76. The average molecular weight is 392 g/mol. The number of aromatic nitrogens is 2. The van der Waals surface area contributed by atoms with Crippen LogP contribution in [0, 0.1) is 0 Å². The average Bonchev–Trinajstić information content (AvgIpc) is 3.35. The second-order valence-electron chi connectivity index (χ2n) is 5.92. The van der Waals surface area contributed by atoms with Crippen molar-refractivity contribution in [3.63, 3.8) is 0 Å².